The van der Waals surface area contributed by atoms with Crippen molar-refractivity contribution in [3.63, 3.8) is 0 Å². The largest absolute Gasteiger partial charge is 0.464 e. The summed E-state index contributed by atoms with van der Waals surface area (Å²) in [7, 11) is 1.31. The molecule has 3 fully saturated rings. The quantitative estimate of drug-likeness (QED) is 0.289. The first-order valence-electron chi connectivity index (χ1n) is 14.1. The normalized spacial score (nSPS) is 21.5. The predicted molar refractivity (Wildman–Crippen MR) is 142 cm³/mol. The Morgan fingerprint density at radius 2 is 1.73 bits per heavy atom. The molecule has 11 heteroatoms. The van der Waals surface area contributed by atoms with E-state index >= 15 is 0 Å². The number of halogens is 4. The summed E-state index contributed by atoms with van der Waals surface area (Å²) in [6.07, 6.45) is 1.18. The van der Waals surface area contributed by atoms with Crippen molar-refractivity contribution in [2.45, 2.75) is 63.1 Å². The van der Waals surface area contributed by atoms with Crippen molar-refractivity contribution in [2.24, 2.45) is 5.92 Å². The summed E-state index contributed by atoms with van der Waals surface area (Å²) in [5.41, 5.74) is 3.05. The number of anilines is 1. The molecule has 1 atom stereocenters. The van der Waals surface area contributed by atoms with Gasteiger partial charge in [0.1, 0.15) is 5.82 Å². The molecule has 2 saturated heterocycles. The van der Waals surface area contributed by atoms with Gasteiger partial charge in [0.15, 0.2) is 11.3 Å². The molecule has 0 bridgehead atoms. The number of hydrogen-bond acceptors (Lipinski definition) is 6. The first-order valence-corrected chi connectivity index (χ1v) is 14.1. The van der Waals surface area contributed by atoms with Crippen molar-refractivity contribution in [1.29, 1.82) is 0 Å². The van der Waals surface area contributed by atoms with E-state index in [0.717, 1.165) is 48.9 Å². The van der Waals surface area contributed by atoms with Gasteiger partial charge >= 0.3 is 12.1 Å². The second kappa shape index (κ2) is 10.6. The maximum Gasteiger partial charge on any atom is 0.393 e. The molecule has 0 amide bonds. The maximum atomic E-state index is 13.7. The van der Waals surface area contributed by atoms with E-state index in [9.17, 15) is 22.4 Å². The minimum atomic E-state index is -4.16. The molecule has 2 aliphatic heterocycles. The first kappa shape index (κ1) is 27.0. The highest BCUT2D eigenvalue weighted by Gasteiger charge is 2.43. The van der Waals surface area contributed by atoms with E-state index in [1.165, 1.54) is 19.2 Å². The van der Waals surface area contributed by atoms with Crippen LogP contribution in [0.4, 0.5) is 23.2 Å². The third kappa shape index (κ3) is 5.04. The maximum absolute atomic E-state index is 13.7. The van der Waals surface area contributed by atoms with E-state index < -0.39 is 18.1 Å². The number of pyridine rings is 1. The van der Waals surface area contributed by atoms with E-state index in [1.54, 1.807) is 22.9 Å². The molecule has 0 N–H and O–H groups in total. The van der Waals surface area contributed by atoms with Gasteiger partial charge in [0.2, 0.25) is 0 Å². The van der Waals surface area contributed by atoms with Gasteiger partial charge in [-0.1, -0.05) is 6.42 Å². The molecule has 4 heterocycles. The molecule has 7 nitrogen and oxygen atoms in total. The van der Waals surface area contributed by atoms with Crippen LogP contribution in [0.5, 0.6) is 0 Å². The van der Waals surface area contributed by atoms with Gasteiger partial charge in [-0.25, -0.2) is 18.9 Å². The number of fused-ring (bicyclic) bond motifs is 1. The van der Waals surface area contributed by atoms with Gasteiger partial charge in [-0.3, -0.25) is 4.90 Å². The van der Waals surface area contributed by atoms with Crippen LogP contribution in [0.1, 0.15) is 67.0 Å². The van der Waals surface area contributed by atoms with Crippen LogP contribution >= 0.6 is 0 Å². The number of likely N-dealkylation sites (tertiary alicyclic amines) is 1. The molecule has 2 aromatic heterocycles. The van der Waals surface area contributed by atoms with Crippen LogP contribution in [0.3, 0.4) is 0 Å². The molecular formula is C29H33F4N5O2. The fourth-order valence-corrected chi connectivity index (χ4v) is 6.39. The predicted octanol–water partition coefficient (Wildman–Crippen LogP) is 5.86. The topological polar surface area (TPSA) is 63.5 Å². The van der Waals surface area contributed by atoms with Crippen LogP contribution in [0.15, 0.2) is 30.3 Å². The minimum absolute atomic E-state index is 0.0659. The summed E-state index contributed by atoms with van der Waals surface area (Å²) in [5, 5.41) is 5.82. The molecule has 6 rings (SSSR count). The third-order valence-electron chi connectivity index (χ3n) is 8.84. The first-order chi connectivity index (χ1) is 19.2. The Kier molecular flexibility index (Phi) is 7.18. The number of benzene rings is 1. The summed E-state index contributed by atoms with van der Waals surface area (Å²) >= 11 is 0. The molecule has 1 aliphatic carbocycles. The molecule has 3 aromatic rings. The van der Waals surface area contributed by atoms with Crippen LogP contribution in [0, 0.1) is 11.7 Å². The number of nitrogens with zero attached hydrogens (tertiary/aromatic N) is 5. The second-order valence-corrected chi connectivity index (χ2v) is 11.2. The zero-order valence-corrected chi connectivity index (χ0v) is 22.5. The van der Waals surface area contributed by atoms with Gasteiger partial charge < -0.3 is 9.64 Å². The van der Waals surface area contributed by atoms with Crippen molar-refractivity contribution >= 4 is 22.7 Å². The number of rotatable bonds is 5. The van der Waals surface area contributed by atoms with Gasteiger partial charge in [-0.05, 0) is 75.4 Å². The van der Waals surface area contributed by atoms with Gasteiger partial charge in [0.25, 0.3) is 0 Å². The van der Waals surface area contributed by atoms with Crippen LogP contribution < -0.4 is 4.90 Å². The summed E-state index contributed by atoms with van der Waals surface area (Å²) in [6.45, 7) is 2.04. The lowest BCUT2D eigenvalue weighted by Gasteiger charge is -2.43. The van der Waals surface area contributed by atoms with Crippen molar-refractivity contribution < 1.29 is 27.1 Å². The minimum Gasteiger partial charge on any atom is -0.464 e. The third-order valence-corrected chi connectivity index (χ3v) is 8.84. The highest BCUT2D eigenvalue weighted by molar-refractivity contribution is 5.99. The summed E-state index contributed by atoms with van der Waals surface area (Å²) in [4.78, 5) is 21.6. The molecule has 0 spiro atoms. The number of esters is 1. The van der Waals surface area contributed by atoms with Gasteiger partial charge in [-0.15, -0.1) is 0 Å². The van der Waals surface area contributed by atoms with Gasteiger partial charge in [0, 0.05) is 31.6 Å². The Morgan fingerprint density at radius 3 is 2.35 bits per heavy atom. The fourth-order valence-electron chi connectivity index (χ4n) is 6.39. The number of aromatic nitrogens is 3. The number of hydrogen-bond donors (Lipinski definition) is 0. The number of ether oxygens (including phenoxy) is 1. The summed E-state index contributed by atoms with van der Waals surface area (Å²) in [6, 6.07) is 7.85. The molecule has 1 saturated carbocycles. The monoisotopic (exact) mass is 559 g/mol. The van der Waals surface area contributed by atoms with Crippen molar-refractivity contribution in [1.82, 2.24) is 19.7 Å². The lowest BCUT2D eigenvalue weighted by atomic mass is 9.82. The zero-order valence-electron chi connectivity index (χ0n) is 22.5. The Balaban J connectivity index is 1.35. The molecule has 1 unspecified atom stereocenters. The molecule has 0 radical (unpaired) electrons. The lowest BCUT2D eigenvalue weighted by molar-refractivity contribution is -0.188. The highest BCUT2D eigenvalue weighted by atomic mass is 19.4. The molecule has 1 aromatic carbocycles. The van der Waals surface area contributed by atoms with Crippen molar-refractivity contribution in [3.05, 3.63) is 47.5 Å². The second-order valence-electron chi connectivity index (χ2n) is 11.2. The lowest BCUT2D eigenvalue weighted by Crippen LogP contribution is -2.50. The zero-order chi connectivity index (χ0) is 28.0. The van der Waals surface area contributed by atoms with Crippen molar-refractivity contribution in [2.75, 3.05) is 38.2 Å². The molecule has 40 heavy (non-hydrogen) atoms. The van der Waals surface area contributed by atoms with E-state index in [-0.39, 0.29) is 36.4 Å². The number of alkyl halides is 3. The van der Waals surface area contributed by atoms with Crippen LogP contribution in [-0.2, 0) is 4.74 Å². The number of methoxy groups -OCH3 is 1. The van der Waals surface area contributed by atoms with E-state index in [0.29, 0.717) is 37.4 Å². The Bertz CT molecular complexity index is 1380. The SMILES string of the molecule is COC(=O)c1cc(N2CCC(N3CCCC(C(F)(F)F)C3)CC2)c2c(C3CCC3)nn(-c3ccc(F)cc3)c2n1. The molecule has 3 aliphatic rings. The number of carbonyl (C=O) groups excluding carboxylic acids is 1. The molecule has 214 valence electrons. The number of carbonyl (C=O) groups is 1. The highest BCUT2D eigenvalue weighted by Crippen LogP contribution is 2.43. The molecular weight excluding hydrogens is 526 g/mol. The summed E-state index contributed by atoms with van der Waals surface area (Å²) in [5.74, 6) is -1.92. The standard InChI is InChI=1S/C29H33F4N5O2/c1-40-28(39)23-16-24(36-14-11-21(12-15-36)37-13-3-6-19(17-37)29(31,32)33)25-26(18-4-2-5-18)35-38(27(25)34-23)22-9-7-20(30)8-10-22/h7-10,16,18-19,21H,2-6,11-15,17H2,1H3. The Labute approximate surface area is 230 Å². The van der Waals surface area contributed by atoms with Crippen LogP contribution in [0.2, 0.25) is 0 Å². The van der Waals surface area contributed by atoms with Gasteiger partial charge in [0.05, 0.1) is 35.5 Å². The fraction of sp³-hybridized carbons (Fsp3) is 0.552. The van der Waals surface area contributed by atoms with Gasteiger partial charge in [-0.2, -0.15) is 18.3 Å². The van der Waals surface area contributed by atoms with Crippen LogP contribution in [-0.4, -0.2) is 71.1 Å². The Morgan fingerprint density at radius 1 is 1.00 bits per heavy atom. The average Bonchev–Trinajstić information content (AvgIpc) is 3.30. The summed E-state index contributed by atoms with van der Waals surface area (Å²) < 4.78 is 60.7. The van der Waals surface area contributed by atoms with E-state index in [2.05, 4.69) is 9.88 Å². The number of piperidine rings is 2. The Hall–Kier alpha value is -3.21. The van der Waals surface area contributed by atoms with E-state index in [4.69, 9.17) is 9.84 Å². The van der Waals surface area contributed by atoms with E-state index in [1.807, 2.05) is 4.90 Å². The van der Waals surface area contributed by atoms with Crippen molar-refractivity contribution in [3.8, 4) is 5.69 Å². The average molecular weight is 560 g/mol. The smallest absolute Gasteiger partial charge is 0.393 e. The van der Waals surface area contributed by atoms with Crippen LogP contribution in [0.25, 0.3) is 16.7 Å².